The van der Waals surface area contributed by atoms with Gasteiger partial charge in [-0.15, -0.1) is 0 Å². The highest BCUT2D eigenvalue weighted by molar-refractivity contribution is 7.99. The third-order valence-electron chi connectivity index (χ3n) is 7.25. The molecule has 0 unspecified atom stereocenters. The fourth-order valence-corrected chi connectivity index (χ4v) is 6.16. The predicted molar refractivity (Wildman–Crippen MR) is 132 cm³/mol. The van der Waals surface area contributed by atoms with E-state index in [0.29, 0.717) is 30.8 Å². The van der Waals surface area contributed by atoms with Gasteiger partial charge in [0, 0.05) is 56.5 Å². The van der Waals surface area contributed by atoms with Crippen LogP contribution in [0.15, 0.2) is 24.3 Å². The van der Waals surface area contributed by atoms with E-state index in [4.69, 9.17) is 0 Å². The number of carbonyl (C=O) groups excluding carboxylic acids is 2. The second kappa shape index (κ2) is 10.9. The molecule has 3 fully saturated rings. The van der Waals surface area contributed by atoms with Crippen molar-refractivity contribution in [1.29, 1.82) is 0 Å². The third kappa shape index (κ3) is 5.60. The van der Waals surface area contributed by atoms with Crippen molar-refractivity contribution in [3.63, 3.8) is 0 Å². The van der Waals surface area contributed by atoms with Crippen molar-refractivity contribution in [2.75, 3.05) is 56.1 Å². The Hall–Kier alpha value is -1.73. The number of hydrogen-bond donors (Lipinski definition) is 1. The number of piperazine rings is 1. The number of nitrogens with zero attached hydrogens (tertiary/aromatic N) is 3. The SMILES string of the molecule is CC(C)c1ccc(NC(=O)N2CCN([C@@H](C(=O)N3CCSCC3)C3CCCC3)CC2)cc1. The molecule has 32 heavy (non-hydrogen) atoms. The molecule has 1 atom stereocenters. The molecule has 2 aliphatic heterocycles. The molecular formula is C25H38N4O2S. The summed E-state index contributed by atoms with van der Waals surface area (Å²) in [5, 5.41) is 3.04. The molecule has 0 bridgehead atoms. The highest BCUT2D eigenvalue weighted by Crippen LogP contribution is 2.32. The Morgan fingerprint density at radius 2 is 1.53 bits per heavy atom. The van der Waals surface area contributed by atoms with E-state index >= 15 is 0 Å². The van der Waals surface area contributed by atoms with E-state index in [2.05, 4.69) is 41.1 Å². The lowest BCUT2D eigenvalue weighted by molar-refractivity contribution is -0.139. The standard InChI is InChI=1S/C25H38N4O2S/c1-19(2)20-7-9-22(10-8-20)26-25(31)29-13-11-27(12-14-29)23(21-5-3-4-6-21)24(30)28-15-17-32-18-16-28/h7-10,19,21,23H,3-6,11-18H2,1-2H3,(H,26,31)/t23-/m1/s1. The van der Waals surface area contributed by atoms with Crippen LogP contribution in [-0.2, 0) is 4.79 Å². The van der Waals surface area contributed by atoms with Gasteiger partial charge in [0.2, 0.25) is 5.91 Å². The zero-order chi connectivity index (χ0) is 22.5. The van der Waals surface area contributed by atoms with E-state index in [-0.39, 0.29) is 12.1 Å². The summed E-state index contributed by atoms with van der Waals surface area (Å²) in [6.07, 6.45) is 4.79. The molecule has 3 aliphatic rings. The average molecular weight is 459 g/mol. The molecule has 0 spiro atoms. The fraction of sp³-hybridized carbons (Fsp3) is 0.680. The number of rotatable bonds is 5. The number of anilines is 1. The Morgan fingerprint density at radius 1 is 0.906 bits per heavy atom. The summed E-state index contributed by atoms with van der Waals surface area (Å²) in [6.45, 7) is 8.98. The van der Waals surface area contributed by atoms with Gasteiger partial charge in [0.15, 0.2) is 0 Å². The molecular weight excluding hydrogens is 420 g/mol. The smallest absolute Gasteiger partial charge is 0.321 e. The van der Waals surface area contributed by atoms with E-state index in [1.165, 1.54) is 18.4 Å². The Bertz CT molecular complexity index is 765. The predicted octanol–water partition coefficient (Wildman–Crippen LogP) is 4.09. The summed E-state index contributed by atoms with van der Waals surface area (Å²) < 4.78 is 0. The Kier molecular flexibility index (Phi) is 8.00. The average Bonchev–Trinajstić information content (AvgIpc) is 3.35. The van der Waals surface area contributed by atoms with Gasteiger partial charge in [-0.3, -0.25) is 9.69 Å². The number of thioether (sulfide) groups is 1. The lowest BCUT2D eigenvalue weighted by Gasteiger charge is -2.43. The van der Waals surface area contributed by atoms with Gasteiger partial charge in [0.05, 0.1) is 6.04 Å². The van der Waals surface area contributed by atoms with Crippen molar-refractivity contribution < 1.29 is 9.59 Å². The maximum atomic E-state index is 13.5. The van der Waals surface area contributed by atoms with Crippen LogP contribution < -0.4 is 5.32 Å². The first-order valence-electron chi connectivity index (χ1n) is 12.3. The monoisotopic (exact) mass is 458 g/mol. The van der Waals surface area contributed by atoms with Gasteiger partial charge in [-0.1, -0.05) is 38.8 Å². The highest BCUT2D eigenvalue weighted by atomic mass is 32.2. The van der Waals surface area contributed by atoms with Gasteiger partial charge in [-0.05, 0) is 42.4 Å². The molecule has 1 saturated carbocycles. The summed E-state index contributed by atoms with van der Waals surface area (Å²) in [5.41, 5.74) is 2.11. The minimum absolute atomic E-state index is 0.00520. The summed E-state index contributed by atoms with van der Waals surface area (Å²) >= 11 is 1.94. The van der Waals surface area contributed by atoms with Crippen LogP contribution in [0.2, 0.25) is 0 Å². The molecule has 0 aromatic heterocycles. The minimum Gasteiger partial charge on any atom is -0.340 e. The molecule has 2 heterocycles. The first-order chi connectivity index (χ1) is 15.5. The number of nitrogens with one attached hydrogen (secondary N) is 1. The van der Waals surface area contributed by atoms with Crippen LogP contribution in [0, 0.1) is 5.92 Å². The number of benzene rings is 1. The van der Waals surface area contributed by atoms with Crippen molar-refractivity contribution >= 4 is 29.4 Å². The largest absolute Gasteiger partial charge is 0.340 e. The van der Waals surface area contributed by atoms with E-state index in [9.17, 15) is 9.59 Å². The maximum Gasteiger partial charge on any atom is 0.321 e. The fourth-order valence-electron chi connectivity index (χ4n) is 5.26. The molecule has 6 nitrogen and oxygen atoms in total. The molecule has 1 aromatic carbocycles. The van der Waals surface area contributed by atoms with Crippen LogP contribution in [0.25, 0.3) is 0 Å². The minimum atomic E-state index is -0.0428. The zero-order valence-corrected chi connectivity index (χ0v) is 20.4. The third-order valence-corrected chi connectivity index (χ3v) is 8.19. The lowest BCUT2D eigenvalue weighted by Crippen LogP contribution is -2.59. The van der Waals surface area contributed by atoms with Crippen molar-refractivity contribution in [3.8, 4) is 0 Å². The van der Waals surface area contributed by atoms with E-state index in [0.717, 1.165) is 56.2 Å². The first-order valence-corrected chi connectivity index (χ1v) is 13.4. The molecule has 1 N–H and O–H groups in total. The van der Waals surface area contributed by atoms with Gasteiger partial charge >= 0.3 is 6.03 Å². The van der Waals surface area contributed by atoms with E-state index < -0.39 is 0 Å². The molecule has 2 saturated heterocycles. The maximum absolute atomic E-state index is 13.5. The molecule has 7 heteroatoms. The topological polar surface area (TPSA) is 55.9 Å². The lowest BCUT2D eigenvalue weighted by atomic mass is 9.94. The van der Waals surface area contributed by atoms with Gasteiger partial charge in [0.25, 0.3) is 0 Å². The second-order valence-electron chi connectivity index (χ2n) is 9.66. The number of carbonyl (C=O) groups is 2. The molecule has 1 aliphatic carbocycles. The summed E-state index contributed by atoms with van der Waals surface area (Å²) in [7, 11) is 0. The number of hydrogen-bond acceptors (Lipinski definition) is 4. The van der Waals surface area contributed by atoms with Crippen LogP contribution in [0.4, 0.5) is 10.5 Å². The molecule has 1 aromatic rings. The van der Waals surface area contributed by atoms with Crippen LogP contribution in [0.5, 0.6) is 0 Å². The number of amides is 3. The van der Waals surface area contributed by atoms with Crippen LogP contribution >= 0.6 is 11.8 Å². The van der Waals surface area contributed by atoms with Gasteiger partial charge < -0.3 is 15.1 Å². The quantitative estimate of drug-likeness (QED) is 0.722. The van der Waals surface area contributed by atoms with Gasteiger partial charge in [-0.25, -0.2) is 4.79 Å². The Labute approximate surface area is 197 Å². The molecule has 0 radical (unpaired) electrons. The van der Waals surface area contributed by atoms with Gasteiger partial charge in [0.1, 0.15) is 0 Å². The summed E-state index contributed by atoms with van der Waals surface area (Å²) in [5.74, 6) is 3.38. The van der Waals surface area contributed by atoms with Crippen molar-refractivity contribution in [2.45, 2.75) is 51.5 Å². The first kappa shape index (κ1) is 23.4. The summed E-state index contributed by atoms with van der Waals surface area (Å²) in [4.78, 5) is 32.7. The molecule has 3 amide bonds. The normalized spacial score (nSPS) is 21.7. The van der Waals surface area contributed by atoms with Crippen molar-refractivity contribution in [1.82, 2.24) is 14.7 Å². The van der Waals surface area contributed by atoms with Crippen molar-refractivity contribution in [2.24, 2.45) is 5.92 Å². The zero-order valence-electron chi connectivity index (χ0n) is 19.6. The van der Waals surface area contributed by atoms with Gasteiger partial charge in [-0.2, -0.15) is 11.8 Å². The Morgan fingerprint density at radius 3 is 2.12 bits per heavy atom. The highest BCUT2D eigenvalue weighted by Gasteiger charge is 2.39. The molecule has 176 valence electrons. The van der Waals surface area contributed by atoms with Crippen LogP contribution in [-0.4, -0.2) is 83.5 Å². The second-order valence-corrected chi connectivity index (χ2v) is 10.9. The number of urea groups is 1. The molecule has 4 rings (SSSR count). The van der Waals surface area contributed by atoms with Crippen LogP contribution in [0.3, 0.4) is 0 Å². The Balaban J connectivity index is 1.34. The summed E-state index contributed by atoms with van der Waals surface area (Å²) in [6, 6.07) is 8.07. The van der Waals surface area contributed by atoms with E-state index in [1.54, 1.807) is 0 Å². The van der Waals surface area contributed by atoms with E-state index in [1.807, 2.05) is 28.8 Å². The van der Waals surface area contributed by atoms with Crippen LogP contribution in [0.1, 0.15) is 51.0 Å². The van der Waals surface area contributed by atoms with Crippen molar-refractivity contribution in [3.05, 3.63) is 29.8 Å².